The third-order valence-electron chi connectivity index (χ3n) is 4.64. The van der Waals surface area contributed by atoms with Crippen molar-refractivity contribution in [3.63, 3.8) is 0 Å². The van der Waals surface area contributed by atoms with Gasteiger partial charge in [0.1, 0.15) is 5.54 Å². The molecule has 1 unspecified atom stereocenters. The second-order valence-electron chi connectivity index (χ2n) is 6.66. The SMILES string of the molecule is CCNC(C)(C#N)CCCN1CCN(CC2CC2)CC1. The summed E-state index contributed by atoms with van der Waals surface area (Å²) in [6.07, 6.45) is 4.97. The first-order valence-electron chi connectivity index (χ1n) is 8.26. The first-order valence-corrected chi connectivity index (χ1v) is 8.26. The fourth-order valence-electron chi connectivity index (χ4n) is 3.09. The molecule has 1 aliphatic carbocycles. The van der Waals surface area contributed by atoms with Crippen molar-refractivity contribution in [2.75, 3.05) is 45.8 Å². The van der Waals surface area contributed by atoms with Gasteiger partial charge in [0.15, 0.2) is 0 Å². The van der Waals surface area contributed by atoms with Gasteiger partial charge in [-0.25, -0.2) is 0 Å². The van der Waals surface area contributed by atoms with Gasteiger partial charge in [-0.3, -0.25) is 5.32 Å². The Bertz CT molecular complexity index is 326. The molecule has 20 heavy (non-hydrogen) atoms. The van der Waals surface area contributed by atoms with E-state index in [4.69, 9.17) is 0 Å². The lowest BCUT2D eigenvalue weighted by atomic mass is 9.97. The van der Waals surface area contributed by atoms with Gasteiger partial charge < -0.3 is 9.80 Å². The third-order valence-corrected chi connectivity index (χ3v) is 4.64. The summed E-state index contributed by atoms with van der Waals surface area (Å²) in [7, 11) is 0. The highest BCUT2D eigenvalue weighted by Gasteiger charge is 2.27. The van der Waals surface area contributed by atoms with Gasteiger partial charge >= 0.3 is 0 Å². The average molecular weight is 278 g/mol. The highest BCUT2D eigenvalue weighted by atomic mass is 15.3. The molecule has 2 fully saturated rings. The molecule has 1 saturated carbocycles. The van der Waals surface area contributed by atoms with E-state index in [-0.39, 0.29) is 5.54 Å². The van der Waals surface area contributed by atoms with Crippen LogP contribution in [0.1, 0.15) is 39.5 Å². The van der Waals surface area contributed by atoms with Crippen LogP contribution in [0.5, 0.6) is 0 Å². The van der Waals surface area contributed by atoms with Crippen LogP contribution < -0.4 is 5.32 Å². The van der Waals surface area contributed by atoms with Gasteiger partial charge in [-0.1, -0.05) is 6.92 Å². The van der Waals surface area contributed by atoms with E-state index in [9.17, 15) is 5.26 Å². The van der Waals surface area contributed by atoms with E-state index in [2.05, 4.69) is 28.1 Å². The second-order valence-corrected chi connectivity index (χ2v) is 6.66. The highest BCUT2D eigenvalue weighted by Crippen LogP contribution is 2.29. The summed E-state index contributed by atoms with van der Waals surface area (Å²) < 4.78 is 0. The summed E-state index contributed by atoms with van der Waals surface area (Å²) in [4.78, 5) is 5.19. The van der Waals surface area contributed by atoms with Gasteiger partial charge in [0.25, 0.3) is 0 Å². The Balaban J connectivity index is 1.59. The van der Waals surface area contributed by atoms with Crippen molar-refractivity contribution >= 4 is 0 Å². The Kier molecular flexibility index (Phi) is 5.83. The molecule has 4 nitrogen and oxygen atoms in total. The Morgan fingerprint density at radius 3 is 2.40 bits per heavy atom. The molecule has 4 heteroatoms. The van der Waals surface area contributed by atoms with Crippen LogP contribution in [0.4, 0.5) is 0 Å². The zero-order valence-electron chi connectivity index (χ0n) is 13.2. The summed E-state index contributed by atoms with van der Waals surface area (Å²) in [5.74, 6) is 1.01. The summed E-state index contributed by atoms with van der Waals surface area (Å²) in [6.45, 7) is 12.3. The Labute approximate surface area is 124 Å². The molecule has 1 aliphatic heterocycles. The minimum absolute atomic E-state index is 0.345. The van der Waals surface area contributed by atoms with E-state index in [1.165, 1.54) is 45.6 Å². The number of nitriles is 1. The zero-order chi connectivity index (χ0) is 14.4. The lowest BCUT2D eigenvalue weighted by Gasteiger charge is -2.35. The maximum atomic E-state index is 9.25. The Hall–Kier alpha value is -0.630. The van der Waals surface area contributed by atoms with Gasteiger partial charge in [0.2, 0.25) is 0 Å². The molecule has 1 N–H and O–H groups in total. The largest absolute Gasteiger partial charge is 0.301 e. The lowest BCUT2D eigenvalue weighted by molar-refractivity contribution is 0.125. The molecular weight excluding hydrogens is 248 g/mol. The van der Waals surface area contributed by atoms with Crippen LogP contribution in [0.15, 0.2) is 0 Å². The number of nitrogens with one attached hydrogen (secondary N) is 1. The van der Waals surface area contributed by atoms with Crippen LogP contribution in [-0.4, -0.2) is 61.2 Å². The smallest absolute Gasteiger partial charge is 0.103 e. The van der Waals surface area contributed by atoms with Gasteiger partial charge in [0, 0.05) is 32.7 Å². The topological polar surface area (TPSA) is 42.3 Å². The van der Waals surface area contributed by atoms with E-state index in [1.807, 2.05) is 6.92 Å². The van der Waals surface area contributed by atoms with E-state index in [1.54, 1.807) is 0 Å². The van der Waals surface area contributed by atoms with Crippen LogP contribution >= 0.6 is 0 Å². The minimum atomic E-state index is -0.345. The molecule has 0 spiro atoms. The van der Waals surface area contributed by atoms with E-state index < -0.39 is 0 Å². The molecule has 114 valence electrons. The van der Waals surface area contributed by atoms with Crippen molar-refractivity contribution in [2.24, 2.45) is 5.92 Å². The molecule has 2 rings (SSSR count). The standard InChI is InChI=1S/C16H30N4/c1-3-18-16(2,14-17)7-4-8-19-9-11-20(12-10-19)13-15-5-6-15/h15,18H,3-13H2,1-2H3. The lowest BCUT2D eigenvalue weighted by Crippen LogP contribution is -2.47. The van der Waals surface area contributed by atoms with Gasteiger partial charge in [0.05, 0.1) is 6.07 Å². The predicted octanol–water partition coefficient (Wildman–Crippen LogP) is 1.69. The first kappa shape index (κ1) is 15.8. The fraction of sp³-hybridized carbons (Fsp3) is 0.938. The Morgan fingerprint density at radius 2 is 1.85 bits per heavy atom. The minimum Gasteiger partial charge on any atom is -0.301 e. The Morgan fingerprint density at radius 1 is 1.20 bits per heavy atom. The fourth-order valence-corrected chi connectivity index (χ4v) is 3.09. The van der Waals surface area contributed by atoms with Gasteiger partial charge in [-0.05, 0) is 51.6 Å². The highest BCUT2D eigenvalue weighted by molar-refractivity contribution is 5.03. The number of hydrogen-bond acceptors (Lipinski definition) is 4. The van der Waals surface area contributed by atoms with Crippen molar-refractivity contribution in [3.05, 3.63) is 0 Å². The summed E-state index contributed by atoms with van der Waals surface area (Å²) in [5, 5.41) is 12.5. The zero-order valence-corrected chi connectivity index (χ0v) is 13.2. The molecule has 0 aromatic carbocycles. The van der Waals surface area contributed by atoms with Crippen LogP contribution in [0, 0.1) is 17.2 Å². The molecular formula is C16H30N4. The second kappa shape index (κ2) is 7.40. The normalized spacial score (nSPS) is 24.2. The molecule has 2 aliphatic rings. The predicted molar refractivity (Wildman–Crippen MR) is 82.5 cm³/mol. The van der Waals surface area contributed by atoms with Crippen molar-refractivity contribution in [2.45, 2.75) is 45.1 Å². The van der Waals surface area contributed by atoms with E-state index in [0.29, 0.717) is 0 Å². The molecule has 0 bridgehead atoms. The van der Waals surface area contributed by atoms with E-state index in [0.717, 1.165) is 31.8 Å². The number of rotatable bonds is 8. The van der Waals surface area contributed by atoms with Crippen molar-refractivity contribution in [3.8, 4) is 6.07 Å². The maximum Gasteiger partial charge on any atom is 0.103 e. The molecule has 0 amide bonds. The molecule has 1 atom stereocenters. The maximum absolute atomic E-state index is 9.25. The van der Waals surface area contributed by atoms with Crippen LogP contribution in [0.25, 0.3) is 0 Å². The third kappa shape index (κ3) is 5.05. The molecule has 1 saturated heterocycles. The van der Waals surface area contributed by atoms with Crippen molar-refractivity contribution in [1.82, 2.24) is 15.1 Å². The quantitative estimate of drug-likeness (QED) is 0.733. The summed E-state index contributed by atoms with van der Waals surface area (Å²) in [6, 6.07) is 2.41. The van der Waals surface area contributed by atoms with Gasteiger partial charge in [-0.2, -0.15) is 5.26 Å². The monoisotopic (exact) mass is 278 g/mol. The summed E-state index contributed by atoms with van der Waals surface area (Å²) >= 11 is 0. The van der Waals surface area contributed by atoms with Crippen molar-refractivity contribution < 1.29 is 0 Å². The average Bonchev–Trinajstić information content (AvgIpc) is 3.25. The molecule has 0 aromatic rings. The summed E-state index contributed by atoms with van der Waals surface area (Å²) in [5.41, 5.74) is -0.345. The van der Waals surface area contributed by atoms with Crippen LogP contribution in [0.3, 0.4) is 0 Å². The van der Waals surface area contributed by atoms with Crippen molar-refractivity contribution in [1.29, 1.82) is 5.26 Å². The number of hydrogen-bond donors (Lipinski definition) is 1. The van der Waals surface area contributed by atoms with E-state index >= 15 is 0 Å². The molecule has 0 aromatic heterocycles. The van der Waals surface area contributed by atoms with Gasteiger partial charge in [-0.15, -0.1) is 0 Å². The molecule has 1 heterocycles. The number of nitrogens with zero attached hydrogens (tertiary/aromatic N) is 3. The van der Waals surface area contributed by atoms with Crippen LogP contribution in [0.2, 0.25) is 0 Å². The first-order chi connectivity index (χ1) is 9.65. The number of piperazine rings is 1. The van der Waals surface area contributed by atoms with Crippen LogP contribution in [-0.2, 0) is 0 Å². The molecule has 0 radical (unpaired) electrons.